The van der Waals surface area contributed by atoms with E-state index in [4.69, 9.17) is 0 Å². The first-order valence-electron chi connectivity index (χ1n) is 6.38. The van der Waals surface area contributed by atoms with E-state index in [1.54, 1.807) is 12.1 Å². The number of aliphatic hydroxyl groups is 1. The fourth-order valence-corrected chi connectivity index (χ4v) is 1.87. The Morgan fingerprint density at radius 1 is 1.35 bits per heavy atom. The lowest BCUT2D eigenvalue weighted by atomic mass is 9.98. The second-order valence-electron chi connectivity index (χ2n) is 4.94. The Kier molecular flexibility index (Phi) is 3.85. The molecule has 0 radical (unpaired) electrons. The minimum atomic E-state index is -1.15. The molecule has 0 aliphatic rings. The number of rotatable bonds is 5. The number of aromatic nitrogens is 2. The van der Waals surface area contributed by atoms with Gasteiger partial charge in [-0.25, -0.2) is 4.79 Å². The first-order valence-corrected chi connectivity index (χ1v) is 6.38. The maximum Gasteiger partial charge on any atom is 0.358 e. The van der Waals surface area contributed by atoms with Crippen LogP contribution in [0.1, 0.15) is 30.8 Å². The van der Waals surface area contributed by atoms with E-state index in [9.17, 15) is 15.0 Å². The van der Waals surface area contributed by atoms with Gasteiger partial charge in [-0.3, -0.25) is 0 Å². The molecule has 0 saturated carbocycles. The first-order chi connectivity index (χ1) is 9.50. The molecule has 3 N–H and O–H groups in total. The fourth-order valence-electron chi connectivity index (χ4n) is 1.87. The summed E-state index contributed by atoms with van der Waals surface area (Å²) in [5.74, 6) is -1.15. The Bertz CT molecular complexity index is 639. The molecule has 1 aromatic carbocycles. The number of fused-ring (bicyclic) bond motifs is 1. The average molecular weight is 275 g/mol. The molecular weight excluding hydrogens is 258 g/mol. The summed E-state index contributed by atoms with van der Waals surface area (Å²) >= 11 is 0. The van der Waals surface area contributed by atoms with Crippen LogP contribution in [-0.2, 0) is 0 Å². The lowest BCUT2D eigenvalue weighted by Crippen LogP contribution is -2.38. The molecule has 6 heteroatoms. The standard InChI is InChI=1S/C14H17N3O3/c1-3-14(2,8-18)15-11-9-6-4-5-7-10(9)16-17-12(11)13(19)20/h4-7,18H,3,8H2,1-2H3,(H,15,16)(H,19,20). The molecule has 0 spiro atoms. The van der Waals surface area contributed by atoms with Gasteiger partial charge in [0.05, 0.1) is 23.3 Å². The lowest BCUT2D eigenvalue weighted by molar-refractivity contribution is 0.0690. The monoisotopic (exact) mass is 275 g/mol. The zero-order valence-electron chi connectivity index (χ0n) is 11.4. The van der Waals surface area contributed by atoms with Crippen LogP contribution in [0.3, 0.4) is 0 Å². The van der Waals surface area contributed by atoms with Crippen LogP contribution >= 0.6 is 0 Å². The van der Waals surface area contributed by atoms with Crippen LogP contribution in [0.2, 0.25) is 0 Å². The molecule has 0 aliphatic carbocycles. The molecular formula is C14H17N3O3. The van der Waals surface area contributed by atoms with E-state index < -0.39 is 11.5 Å². The lowest BCUT2D eigenvalue weighted by Gasteiger charge is -2.29. The number of hydrogen-bond acceptors (Lipinski definition) is 5. The predicted octanol–water partition coefficient (Wildman–Crippen LogP) is 1.90. The fraction of sp³-hybridized carbons (Fsp3) is 0.357. The van der Waals surface area contributed by atoms with Gasteiger partial charge in [-0.05, 0) is 19.4 Å². The Morgan fingerprint density at radius 2 is 2.05 bits per heavy atom. The van der Waals surface area contributed by atoms with Gasteiger partial charge in [0.15, 0.2) is 5.69 Å². The third-order valence-corrected chi connectivity index (χ3v) is 3.43. The third-order valence-electron chi connectivity index (χ3n) is 3.43. The van der Waals surface area contributed by atoms with Crippen LogP contribution in [-0.4, -0.2) is 38.5 Å². The van der Waals surface area contributed by atoms with E-state index in [2.05, 4.69) is 15.5 Å². The normalized spacial score (nSPS) is 13.9. The first kappa shape index (κ1) is 14.2. The van der Waals surface area contributed by atoms with Gasteiger partial charge in [-0.2, -0.15) is 0 Å². The van der Waals surface area contributed by atoms with Gasteiger partial charge in [0.25, 0.3) is 0 Å². The van der Waals surface area contributed by atoms with Crippen LogP contribution in [0.25, 0.3) is 10.9 Å². The van der Waals surface area contributed by atoms with E-state index in [-0.39, 0.29) is 12.3 Å². The van der Waals surface area contributed by atoms with Crippen molar-refractivity contribution in [1.82, 2.24) is 10.2 Å². The topological polar surface area (TPSA) is 95.3 Å². The number of nitrogens with one attached hydrogen (secondary N) is 1. The largest absolute Gasteiger partial charge is 0.476 e. The number of hydrogen-bond donors (Lipinski definition) is 3. The van der Waals surface area contributed by atoms with Crippen molar-refractivity contribution in [2.75, 3.05) is 11.9 Å². The zero-order chi connectivity index (χ0) is 14.8. The van der Waals surface area contributed by atoms with Gasteiger partial charge < -0.3 is 15.5 Å². The van der Waals surface area contributed by atoms with Crippen LogP contribution in [0.15, 0.2) is 24.3 Å². The van der Waals surface area contributed by atoms with Gasteiger partial charge in [0.1, 0.15) is 0 Å². The van der Waals surface area contributed by atoms with E-state index >= 15 is 0 Å². The molecule has 6 nitrogen and oxygen atoms in total. The van der Waals surface area contributed by atoms with Gasteiger partial charge in [0, 0.05) is 5.39 Å². The summed E-state index contributed by atoms with van der Waals surface area (Å²) in [6, 6.07) is 7.17. The van der Waals surface area contributed by atoms with Crippen LogP contribution in [0.4, 0.5) is 5.69 Å². The number of benzene rings is 1. The summed E-state index contributed by atoms with van der Waals surface area (Å²) in [5.41, 5.74) is 0.241. The molecule has 1 heterocycles. The van der Waals surface area contributed by atoms with Gasteiger partial charge in [-0.15, -0.1) is 10.2 Å². The highest BCUT2D eigenvalue weighted by Crippen LogP contribution is 2.28. The van der Waals surface area contributed by atoms with Crippen molar-refractivity contribution in [2.45, 2.75) is 25.8 Å². The number of nitrogens with zero attached hydrogens (tertiary/aromatic N) is 2. The Hall–Kier alpha value is -2.21. The summed E-state index contributed by atoms with van der Waals surface area (Å²) in [6.45, 7) is 3.63. The molecule has 2 rings (SSSR count). The molecule has 0 fully saturated rings. The van der Waals surface area contributed by atoms with E-state index in [0.29, 0.717) is 23.0 Å². The highest BCUT2D eigenvalue weighted by atomic mass is 16.4. The molecule has 1 unspecified atom stereocenters. The van der Waals surface area contributed by atoms with Crippen molar-refractivity contribution in [3.63, 3.8) is 0 Å². The smallest absolute Gasteiger partial charge is 0.358 e. The van der Waals surface area contributed by atoms with Crippen LogP contribution < -0.4 is 5.32 Å². The molecule has 0 bridgehead atoms. The SMILES string of the molecule is CCC(C)(CO)Nc1c(C(=O)O)nnc2ccccc12. The minimum Gasteiger partial charge on any atom is -0.476 e. The highest BCUT2D eigenvalue weighted by molar-refractivity contribution is 6.02. The predicted molar refractivity (Wildman–Crippen MR) is 75.9 cm³/mol. The molecule has 0 amide bonds. The summed E-state index contributed by atoms with van der Waals surface area (Å²) in [6.07, 6.45) is 0.638. The maximum atomic E-state index is 11.3. The minimum absolute atomic E-state index is 0.112. The van der Waals surface area contributed by atoms with E-state index in [1.807, 2.05) is 26.0 Å². The Morgan fingerprint density at radius 3 is 2.65 bits per heavy atom. The second-order valence-corrected chi connectivity index (χ2v) is 4.94. The molecule has 0 aliphatic heterocycles. The van der Waals surface area contributed by atoms with Crippen LogP contribution in [0.5, 0.6) is 0 Å². The number of carbonyl (C=O) groups is 1. The molecule has 1 atom stereocenters. The quantitative estimate of drug-likeness (QED) is 0.771. The van der Waals surface area contributed by atoms with Gasteiger partial charge in [-0.1, -0.05) is 25.1 Å². The summed E-state index contributed by atoms with van der Waals surface area (Å²) in [7, 11) is 0. The average Bonchev–Trinajstić information content (AvgIpc) is 2.47. The maximum absolute atomic E-state index is 11.3. The van der Waals surface area contributed by atoms with Crippen molar-refractivity contribution in [3.05, 3.63) is 30.0 Å². The number of carboxylic acid groups (broad SMARTS) is 1. The summed E-state index contributed by atoms with van der Waals surface area (Å²) in [5, 5.41) is 30.2. The van der Waals surface area contributed by atoms with Crippen LogP contribution in [0, 0.1) is 0 Å². The third kappa shape index (κ3) is 2.55. The second kappa shape index (κ2) is 5.42. The number of aliphatic hydroxyl groups excluding tert-OH is 1. The van der Waals surface area contributed by atoms with Crippen molar-refractivity contribution < 1.29 is 15.0 Å². The molecule has 2 aromatic rings. The van der Waals surface area contributed by atoms with E-state index in [0.717, 1.165) is 0 Å². The van der Waals surface area contributed by atoms with E-state index in [1.165, 1.54) is 0 Å². The zero-order valence-corrected chi connectivity index (χ0v) is 11.4. The Labute approximate surface area is 116 Å². The molecule has 0 saturated heterocycles. The highest BCUT2D eigenvalue weighted by Gasteiger charge is 2.25. The Balaban J connectivity index is 2.64. The van der Waals surface area contributed by atoms with Gasteiger partial charge in [0.2, 0.25) is 0 Å². The summed E-state index contributed by atoms with van der Waals surface area (Å²) in [4.78, 5) is 11.3. The molecule has 1 aromatic heterocycles. The van der Waals surface area contributed by atoms with Crippen molar-refractivity contribution in [2.24, 2.45) is 0 Å². The number of carboxylic acids is 1. The van der Waals surface area contributed by atoms with Crippen molar-refractivity contribution >= 4 is 22.6 Å². The number of aromatic carboxylic acids is 1. The number of anilines is 1. The van der Waals surface area contributed by atoms with Crippen molar-refractivity contribution in [3.8, 4) is 0 Å². The van der Waals surface area contributed by atoms with Crippen molar-refractivity contribution in [1.29, 1.82) is 0 Å². The molecule has 20 heavy (non-hydrogen) atoms. The van der Waals surface area contributed by atoms with Gasteiger partial charge >= 0.3 is 5.97 Å². The molecule has 106 valence electrons. The summed E-state index contributed by atoms with van der Waals surface area (Å²) < 4.78 is 0.